The number of rotatable bonds is 0. The summed E-state index contributed by atoms with van der Waals surface area (Å²) in [7, 11) is 0. The number of hydrogen-bond acceptors (Lipinski definition) is 0. The maximum atomic E-state index is 6.39. The lowest BCUT2D eigenvalue weighted by atomic mass is 9.86. The first-order valence-corrected chi connectivity index (χ1v) is 7.48. The molecule has 0 amide bonds. The van der Waals surface area contributed by atoms with Crippen LogP contribution < -0.4 is 0 Å². The summed E-state index contributed by atoms with van der Waals surface area (Å²) in [5, 5.41) is 0.884. The summed E-state index contributed by atoms with van der Waals surface area (Å²) in [6.45, 7) is 0. The highest BCUT2D eigenvalue weighted by molar-refractivity contribution is 6.51. The van der Waals surface area contributed by atoms with Crippen LogP contribution in [-0.4, -0.2) is 9.71 Å². The minimum atomic E-state index is -0.444. The van der Waals surface area contributed by atoms with Crippen LogP contribution in [0, 0.1) is 35.5 Å². The van der Waals surface area contributed by atoms with Gasteiger partial charge in [0, 0.05) is 11.0 Å². The number of halogens is 4. The third-order valence-corrected chi connectivity index (χ3v) is 7.40. The van der Waals surface area contributed by atoms with Gasteiger partial charge in [-0.2, -0.15) is 0 Å². The van der Waals surface area contributed by atoms with Gasteiger partial charge in [0.2, 0.25) is 0 Å². The molecular formula is C12H12Cl4. The Balaban J connectivity index is 1.72. The van der Waals surface area contributed by atoms with Crippen LogP contribution in [0.5, 0.6) is 0 Å². The second kappa shape index (κ2) is 3.07. The average molecular weight is 298 g/mol. The number of hydrogen-bond donors (Lipinski definition) is 0. The van der Waals surface area contributed by atoms with Crippen molar-refractivity contribution in [1.82, 2.24) is 0 Å². The third kappa shape index (κ3) is 1.11. The molecule has 0 nitrogen and oxygen atoms in total. The number of fused-ring (bicyclic) bond motifs is 7. The quantitative estimate of drug-likeness (QED) is 0.581. The van der Waals surface area contributed by atoms with Crippen molar-refractivity contribution in [3.05, 3.63) is 11.1 Å². The van der Waals surface area contributed by atoms with Crippen LogP contribution in [0.15, 0.2) is 11.1 Å². The summed E-state index contributed by atoms with van der Waals surface area (Å²) in [4.78, 5) is 0. The molecule has 0 heterocycles. The molecule has 88 valence electrons. The Bertz CT molecular complexity index is 388. The lowest BCUT2D eigenvalue weighted by molar-refractivity contribution is 0.309. The van der Waals surface area contributed by atoms with Crippen LogP contribution in [0.3, 0.4) is 0 Å². The molecule has 0 aromatic carbocycles. The van der Waals surface area contributed by atoms with Crippen molar-refractivity contribution < 1.29 is 0 Å². The molecule has 0 aromatic heterocycles. The van der Waals surface area contributed by atoms with Gasteiger partial charge in [-0.1, -0.05) is 17.7 Å². The Morgan fingerprint density at radius 3 is 2.69 bits per heavy atom. The predicted molar refractivity (Wildman–Crippen MR) is 68.2 cm³/mol. The topological polar surface area (TPSA) is 0 Å². The fourth-order valence-electron chi connectivity index (χ4n) is 4.67. The van der Waals surface area contributed by atoms with Gasteiger partial charge in [0.15, 0.2) is 0 Å². The fraction of sp³-hybridized carbons (Fsp3) is 0.833. The Labute approximate surface area is 115 Å². The maximum Gasteiger partial charge on any atom is 0.125 e. The molecule has 0 spiro atoms. The molecular weight excluding hydrogens is 286 g/mol. The van der Waals surface area contributed by atoms with Crippen molar-refractivity contribution in [3.63, 3.8) is 0 Å². The summed E-state index contributed by atoms with van der Waals surface area (Å²) in [5.41, 5.74) is 0. The van der Waals surface area contributed by atoms with Gasteiger partial charge in [-0.15, -0.1) is 34.8 Å². The van der Waals surface area contributed by atoms with Crippen LogP contribution in [0.4, 0.5) is 0 Å². The fourth-order valence-corrected chi connectivity index (χ4v) is 6.27. The molecule has 4 aliphatic rings. The Hall–Kier alpha value is 0.900. The molecule has 16 heavy (non-hydrogen) atoms. The molecule has 3 saturated carbocycles. The van der Waals surface area contributed by atoms with Crippen LogP contribution >= 0.6 is 46.4 Å². The van der Waals surface area contributed by atoms with E-state index in [0.29, 0.717) is 35.5 Å². The van der Waals surface area contributed by atoms with E-state index in [2.05, 4.69) is 6.08 Å². The lowest BCUT2D eigenvalue weighted by Gasteiger charge is -2.25. The number of allylic oxidation sites excluding steroid dienone is 2. The van der Waals surface area contributed by atoms with Crippen LogP contribution in [0.1, 0.15) is 12.8 Å². The Morgan fingerprint density at radius 2 is 1.94 bits per heavy atom. The van der Waals surface area contributed by atoms with E-state index in [1.54, 1.807) is 0 Å². The summed E-state index contributed by atoms with van der Waals surface area (Å²) in [6, 6.07) is 0. The first-order valence-electron chi connectivity index (χ1n) is 5.91. The highest BCUT2D eigenvalue weighted by Gasteiger charge is 2.75. The largest absolute Gasteiger partial charge is 0.125 e. The van der Waals surface area contributed by atoms with E-state index in [1.807, 2.05) is 0 Å². The Morgan fingerprint density at radius 1 is 1.19 bits per heavy atom. The molecule has 0 aliphatic heterocycles. The van der Waals surface area contributed by atoms with E-state index < -0.39 is 4.33 Å². The Kier molecular flexibility index (Phi) is 2.07. The van der Waals surface area contributed by atoms with Crippen LogP contribution in [-0.2, 0) is 0 Å². The highest BCUT2D eigenvalue weighted by atomic mass is 35.5. The van der Waals surface area contributed by atoms with Gasteiger partial charge in [0.1, 0.15) is 4.33 Å². The predicted octanol–water partition coefficient (Wildman–Crippen LogP) is 4.42. The lowest BCUT2D eigenvalue weighted by Crippen LogP contribution is -2.23. The molecule has 0 N–H and O–H groups in total. The smallest absolute Gasteiger partial charge is 0.117 e. The van der Waals surface area contributed by atoms with Crippen molar-refractivity contribution in [2.75, 3.05) is 0 Å². The molecule has 0 aromatic rings. The van der Waals surface area contributed by atoms with Crippen molar-refractivity contribution in [1.29, 1.82) is 0 Å². The standard InChI is InChI=1S/C12H12Cl4/c13-8-2-4-1-6(11(8)14)5-3-7-10(9(4)5)12(7,15)16/h2,4-7,9-11H,1,3H2/t4-,5+,6-,7-,9-,10-,11+/m1/s1. The van der Waals surface area contributed by atoms with Gasteiger partial charge in [-0.05, 0) is 42.4 Å². The third-order valence-electron chi connectivity index (χ3n) is 5.30. The first-order chi connectivity index (χ1) is 7.51. The normalized spacial score (nSPS) is 60.2. The van der Waals surface area contributed by atoms with Crippen molar-refractivity contribution in [3.8, 4) is 0 Å². The molecule has 0 saturated heterocycles. The average Bonchev–Trinajstić information content (AvgIpc) is 2.63. The summed E-state index contributed by atoms with van der Waals surface area (Å²) in [5.74, 6) is 3.50. The van der Waals surface area contributed by atoms with Gasteiger partial charge >= 0.3 is 0 Å². The van der Waals surface area contributed by atoms with Gasteiger partial charge in [0.05, 0.1) is 5.38 Å². The van der Waals surface area contributed by atoms with E-state index >= 15 is 0 Å². The maximum absolute atomic E-state index is 6.39. The monoisotopic (exact) mass is 296 g/mol. The molecule has 4 rings (SSSR count). The molecule has 0 radical (unpaired) electrons. The van der Waals surface area contributed by atoms with E-state index in [1.165, 1.54) is 6.42 Å². The van der Waals surface area contributed by atoms with Gasteiger partial charge in [-0.25, -0.2) is 0 Å². The van der Waals surface area contributed by atoms with Crippen molar-refractivity contribution in [2.45, 2.75) is 22.6 Å². The highest BCUT2D eigenvalue weighted by Crippen LogP contribution is 2.76. The molecule has 0 unspecified atom stereocenters. The minimum absolute atomic E-state index is 0.0328. The molecule has 4 heteroatoms. The molecule has 7 atom stereocenters. The molecule has 3 fully saturated rings. The second-order valence-corrected chi connectivity index (χ2v) is 8.15. The molecule has 2 bridgehead atoms. The van der Waals surface area contributed by atoms with Crippen molar-refractivity contribution in [2.24, 2.45) is 35.5 Å². The zero-order valence-corrected chi connectivity index (χ0v) is 11.6. The van der Waals surface area contributed by atoms with Gasteiger partial charge in [-0.3, -0.25) is 0 Å². The zero-order valence-electron chi connectivity index (χ0n) is 8.54. The number of alkyl halides is 3. The van der Waals surface area contributed by atoms with Crippen LogP contribution in [0.25, 0.3) is 0 Å². The van der Waals surface area contributed by atoms with E-state index in [4.69, 9.17) is 46.4 Å². The van der Waals surface area contributed by atoms with Crippen LogP contribution in [0.2, 0.25) is 0 Å². The SMILES string of the molecule is ClC1=C[C@H]2C[C@H]([C@@H]3C[C@@H]4[C@H]([C@@H]32)C4(Cl)Cl)[C@@H]1Cl. The first kappa shape index (κ1) is 10.8. The zero-order chi connectivity index (χ0) is 11.2. The van der Waals surface area contributed by atoms with E-state index in [-0.39, 0.29) is 5.38 Å². The summed E-state index contributed by atoms with van der Waals surface area (Å²) in [6.07, 6.45) is 4.52. The summed E-state index contributed by atoms with van der Waals surface area (Å²) >= 11 is 25.2. The van der Waals surface area contributed by atoms with Gasteiger partial charge in [0.25, 0.3) is 0 Å². The minimum Gasteiger partial charge on any atom is -0.117 e. The molecule has 4 aliphatic carbocycles. The van der Waals surface area contributed by atoms with E-state index in [0.717, 1.165) is 11.5 Å². The van der Waals surface area contributed by atoms with Crippen molar-refractivity contribution >= 4 is 46.4 Å². The van der Waals surface area contributed by atoms with E-state index in [9.17, 15) is 0 Å². The second-order valence-electron chi connectivity index (χ2n) is 5.80. The van der Waals surface area contributed by atoms with Gasteiger partial charge < -0.3 is 0 Å². The summed E-state index contributed by atoms with van der Waals surface area (Å²) < 4.78 is -0.444.